The Morgan fingerprint density at radius 1 is 0.909 bits per heavy atom. The summed E-state index contributed by atoms with van der Waals surface area (Å²) in [6, 6.07) is 21.5. The molecule has 1 aromatic heterocycles. The van der Waals surface area contributed by atoms with Crippen LogP contribution in [0.5, 0.6) is 5.75 Å². The van der Waals surface area contributed by atoms with Crippen LogP contribution in [-0.4, -0.2) is 23.2 Å². The number of hydrogen-bond acceptors (Lipinski definition) is 3. The SMILES string of the molecule is CN=C(NCc1ccc(Cn2ccccc2=O)cc1)NCc1ccccc1OC(C)(C)C.I. The first kappa shape index (κ1) is 26.4. The van der Waals surface area contributed by atoms with E-state index in [0.29, 0.717) is 19.6 Å². The van der Waals surface area contributed by atoms with Crippen molar-refractivity contribution >= 4 is 29.9 Å². The van der Waals surface area contributed by atoms with Crippen LogP contribution in [0.4, 0.5) is 0 Å². The lowest BCUT2D eigenvalue weighted by molar-refractivity contribution is 0.129. The van der Waals surface area contributed by atoms with Crippen molar-refractivity contribution in [1.29, 1.82) is 0 Å². The summed E-state index contributed by atoms with van der Waals surface area (Å²) >= 11 is 0. The number of ether oxygens (including phenoxy) is 1. The minimum absolute atomic E-state index is 0. The van der Waals surface area contributed by atoms with Crippen molar-refractivity contribution in [3.63, 3.8) is 0 Å². The highest BCUT2D eigenvalue weighted by Gasteiger charge is 2.14. The zero-order chi connectivity index (χ0) is 23.0. The number of aromatic nitrogens is 1. The highest BCUT2D eigenvalue weighted by molar-refractivity contribution is 14.0. The lowest BCUT2D eigenvalue weighted by Crippen LogP contribution is -2.36. The van der Waals surface area contributed by atoms with Crippen molar-refractivity contribution in [2.45, 2.75) is 46.0 Å². The Hall–Kier alpha value is -2.81. The molecule has 6 nitrogen and oxygen atoms in total. The highest BCUT2D eigenvalue weighted by atomic mass is 127. The van der Waals surface area contributed by atoms with E-state index in [1.165, 1.54) is 0 Å². The number of para-hydroxylation sites is 1. The van der Waals surface area contributed by atoms with Gasteiger partial charge in [-0.25, -0.2) is 0 Å². The van der Waals surface area contributed by atoms with Gasteiger partial charge in [-0.3, -0.25) is 9.79 Å². The van der Waals surface area contributed by atoms with Crippen molar-refractivity contribution in [3.05, 3.63) is 100.0 Å². The number of aliphatic imine (C=N–C) groups is 1. The lowest BCUT2D eigenvalue weighted by atomic mass is 10.1. The van der Waals surface area contributed by atoms with Gasteiger partial charge in [-0.2, -0.15) is 0 Å². The Labute approximate surface area is 213 Å². The molecule has 0 amide bonds. The van der Waals surface area contributed by atoms with Crippen LogP contribution in [0.2, 0.25) is 0 Å². The fourth-order valence-corrected chi connectivity index (χ4v) is 3.22. The second-order valence-electron chi connectivity index (χ2n) is 8.58. The lowest BCUT2D eigenvalue weighted by Gasteiger charge is -2.23. The molecule has 2 aromatic carbocycles. The van der Waals surface area contributed by atoms with Gasteiger partial charge in [0, 0.05) is 38.0 Å². The zero-order valence-corrected chi connectivity index (χ0v) is 22.0. The van der Waals surface area contributed by atoms with Gasteiger partial charge in [0.2, 0.25) is 0 Å². The third-order valence-electron chi connectivity index (χ3n) is 4.79. The first-order valence-electron chi connectivity index (χ1n) is 10.8. The van der Waals surface area contributed by atoms with Crippen molar-refractivity contribution in [2.75, 3.05) is 7.05 Å². The predicted octanol–water partition coefficient (Wildman–Crippen LogP) is 4.56. The molecule has 3 rings (SSSR count). The van der Waals surface area contributed by atoms with Crippen molar-refractivity contribution in [1.82, 2.24) is 15.2 Å². The largest absolute Gasteiger partial charge is 0.488 e. The van der Waals surface area contributed by atoms with Gasteiger partial charge in [0.05, 0.1) is 6.54 Å². The smallest absolute Gasteiger partial charge is 0.250 e. The van der Waals surface area contributed by atoms with Crippen LogP contribution in [0.15, 0.2) is 82.7 Å². The number of rotatable bonds is 7. The molecule has 3 aromatic rings. The summed E-state index contributed by atoms with van der Waals surface area (Å²) in [5, 5.41) is 6.70. The van der Waals surface area contributed by atoms with Gasteiger partial charge >= 0.3 is 0 Å². The number of guanidine groups is 1. The van der Waals surface area contributed by atoms with Crippen LogP contribution in [0, 0.1) is 0 Å². The highest BCUT2D eigenvalue weighted by Crippen LogP contribution is 2.22. The van der Waals surface area contributed by atoms with Gasteiger partial charge in [-0.1, -0.05) is 48.5 Å². The summed E-state index contributed by atoms with van der Waals surface area (Å²) in [4.78, 5) is 16.2. The molecule has 0 spiro atoms. The van der Waals surface area contributed by atoms with Crippen LogP contribution >= 0.6 is 24.0 Å². The fourth-order valence-electron chi connectivity index (χ4n) is 3.22. The van der Waals surface area contributed by atoms with E-state index in [1.54, 1.807) is 29.9 Å². The van der Waals surface area contributed by atoms with Gasteiger partial charge in [-0.15, -0.1) is 24.0 Å². The minimum atomic E-state index is -0.254. The first-order chi connectivity index (χ1) is 15.3. The number of pyridine rings is 1. The quantitative estimate of drug-likeness (QED) is 0.253. The molecule has 176 valence electrons. The summed E-state index contributed by atoms with van der Waals surface area (Å²) in [6.07, 6.45) is 1.80. The van der Waals surface area contributed by atoms with Gasteiger partial charge in [0.1, 0.15) is 11.4 Å². The molecular formula is C26H33IN4O2. The number of nitrogens with zero attached hydrogens (tertiary/aromatic N) is 2. The fraction of sp³-hybridized carbons (Fsp3) is 0.308. The molecule has 0 atom stereocenters. The Morgan fingerprint density at radius 3 is 2.21 bits per heavy atom. The molecular weight excluding hydrogens is 527 g/mol. The van der Waals surface area contributed by atoms with E-state index in [0.717, 1.165) is 28.4 Å². The predicted molar refractivity (Wildman–Crippen MR) is 146 cm³/mol. The maximum atomic E-state index is 11.9. The van der Waals surface area contributed by atoms with E-state index in [1.807, 2.05) is 57.2 Å². The summed E-state index contributed by atoms with van der Waals surface area (Å²) in [5.41, 5.74) is 3.04. The third-order valence-corrected chi connectivity index (χ3v) is 4.79. The van der Waals surface area contributed by atoms with Crippen LogP contribution in [0.1, 0.15) is 37.5 Å². The number of hydrogen-bond donors (Lipinski definition) is 2. The van der Waals surface area contributed by atoms with Crippen molar-refractivity contribution in [2.24, 2.45) is 4.99 Å². The van der Waals surface area contributed by atoms with E-state index in [4.69, 9.17) is 4.74 Å². The molecule has 2 N–H and O–H groups in total. The monoisotopic (exact) mass is 560 g/mol. The molecule has 0 fully saturated rings. The average Bonchev–Trinajstić information content (AvgIpc) is 2.76. The van der Waals surface area contributed by atoms with Gasteiger partial charge in [-0.05, 0) is 44.0 Å². The van der Waals surface area contributed by atoms with E-state index >= 15 is 0 Å². The summed E-state index contributed by atoms with van der Waals surface area (Å²) in [6.45, 7) is 7.94. The Kier molecular flexibility index (Phi) is 9.96. The summed E-state index contributed by atoms with van der Waals surface area (Å²) in [7, 11) is 1.76. The minimum Gasteiger partial charge on any atom is -0.488 e. The molecule has 0 radical (unpaired) electrons. The van der Waals surface area contributed by atoms with Crippen LogP contribution < -0.4 is 20.9 Å². The summed E-state index contributed by atoms with van der Waals surface area (Å²) in [5.74, 6) is 1.59. The van der Waals surface area contributed by atoms with E-state index in [-0.39, 0.29) is 35.1 Å². The molecule has 0 saturated carbocycles. The number of nitrogens with one attached hydrogen (secondary N) is 2. The van der Waals surface area contributed by atoms with E-state index in [2.05, 4.69) is 33.8 Å². The van der Waals surface area contributed by atoms with E-state index < -0.39 is 0 Å². The summed E-state index contributed by atoms with van der Waals surface area (Å²) < 4.78 is 7.76. The molecule has 0 bridgehead atoms. The third kappa shape index (κ3) is 8.57. The van der Waals surface area contributed by atoms with Gasteiger partial charge < -0.3 is 19.9 Å². The first-order valence-corrected chi connectivity index (χ1v) is 10.8. The maximum absolute atomic E-state index is 11.9. The standard InChI is InChI=1S/C26H32N4O2.HI/c1-26(2,3)32-23-10-6-5-9-22(23)18-29-25(27-4)28-17-20-12-14-21(15-13-20)19-30-16-8-7-11-24(30)31;/h5-16H,17-19H2,1-4H3,(H2,27,28,29);1H. The molecule has 0 saturated heterocycles. The van der Waals surface area contributed by atoms with Crippen LogP contribution in [0.25, 0.3) is 0 Å². The van der Waals surface area contributed by atoms with Crippen molar-refractivity contribution < 1.29 is 4.74 Å². The Balaban J connectivity index is 0.00000385. The Bertz CT molecular complexity index is 1100. The van der Waals surface area contributed by atoms with Crippen LogP contribution in [0.3, 0.4) is 0 Å². The second-order valence-corrected chi connectivity index (χ2v) is 8.58. The Morgan fingerprint density at radius 2 is 1.55 bits per heavy atom. The molecule has 1 heterocycles. The second kappa shape index (κ2) is 12.4. The molecule has 0 unspecified atom stereocenters. The molecule has 0 aliphatic carbocycles. The maximum Gasteiger partial charge on any atom is 0.250 e. The average molecular weight is 560 g/mol. The van der Waals surface area contributed by atoms with E-state index in [9.17, 15) is 4.79 Å². The molecule has 33 heavy (non-hydrogen) atoms. The van der Waals surface area contributed by atoms with Crippen LogP contribution in [-0.2, 0) is 19.6 Å². The van der Waals surface area contributed by atoms with Crippen molar-refractivity contribution in [3.8, 4) is 5.75 Å². The molecule has 0 aliphatic heterocycles. The normalized spacial score (nSPS) is 11.5. The van der Waals surface area contributed by atoms with Gasteiger partial charge in [0.15, 0.2) is 5.96 Å². The zero-order valence-electron chi connectivity index (χ0n) is 19.7. The molecule has 7 heteroatoms. The van der Waals surface area contributed by atoms with Gasteiger partial charge in [0.25, 0.3) is 5.56 Å². The number of benzene rings is 2. The molecule has 0 aliphatic rings. The number of halogens is 1. The topological polar surface area (TPSA) is 67.7 Å².